The van der Waals surface area contributed by atoms with Crippen molar-refractivity contribution in [3.63, 3.8) is 0 Å². The largest absolute Gasteiger partial charge is 0.469 e. The second-order valence-electron chi connectivity index (χ2n) is 20.4. The van der Waals surface area contributed by atoms with Crippen molar-refractivity contribution in [3.05, 3.63) is 0 Å². The number of carbonyl (C=O) groups excluding carboxylic acids is 1. The molecule has 8 aliphatic rings. The zero-order chi connectivity index (χ0) is 39.9. The highest BCUT2D eigenvalue weighted by molar-refractivity contribution is 5.79. The summed E-state index contributed by atoms with van der Waals surface area (Å²) >= 11 is 0. The normalized spacial score (nSPS) is 50.9. The zero-order valence-electron chi connectivity index (χ0n) is 35.4. The number of likely N-dealkylation sites (N-methyl/N-ethyl adjacent to an activating group) is 1. The van der Waals surface area contributed by atoms with Crippen LogP contribution in [0.5, 0.6) is 0 Å². The monoisotopic (exact) mass is 788 g/mol. The third-order valence-corrected chi connectivity index (χ3v) is 18.6. The lowest BCUT2D eigenvalue weighted by atomic mass is 9.51. The van der Waals surface area contributed by atoms with Crippen LogP contribution in [0.4, 0.5) is 0 Å². The van der Waals surface area contributed by atoms with E-state index in [0.29, 0.717) is 62.9 Å². The Balaban J connectivity index is 1.30. The summed E-state index contributed by atoms with van der Waals surface area (Å²) in [5, 5.41) is 56.4. The summed E-state index contributed by atoms with van der Waals surface area (Å²) in [6, 6.07) is -0.205. The lowest BCUT2D eigenvalue weighted by molar-refractivity contribution is -0.202. The van der Waals surface area contributed by atoms with Crippen molar-refractivity contribution in [2.75, 3.05) is 47.4 Å². The van der Waals surface area contributed by atoms with Gasteiger partial charge in [-0.25, -0.2) is 0 Å². The average Bonchev–Trinajstić information content (AvgIpc) is 3.84. The highest BCUT2D eigenvalue weighted by Crippen LogP contribution is 2.69. The molecule has 19 atom stereocenters. The van der Waals surface area contributed by atoms with Crippen LogP contribution in [-0.4, -0.2) is 143 Å². The molecule has 0 aromatic heterocycles. The molecule has 1 spiro atoms. The van der Waals surface area contributed by atoms with Gasteiger partial charge in [-0.2, -0.15) is 0 Å². The van der Waals surface area contributed by atoms with E-state index in [1.165, 1.54) is 19.3 Å². The predicted molar refractivity (Wildman–Crippen MR) is 214 cm³/mol. The van der Waals surface area contributed by atoms with Crippen LogP contribution in [0.3, 0.4) is 0 Å². The summed E-state index contributed by atoms with van der Waals surface area (Å²) in [5.74, 6) is 0.503. The number of nitrogens with zero attached hydrogens (tertiary/aromatic N) is 2. The number of hydrogen-bond acceptors (Lipinski definition) is 12. The molecule has 5 saturated heterocycles. The molecule has 0 amide bonds. The molecule has 5 heterocycles. The molecule has 0 aromatic rings. The molecular weight excluding hydrogens is 711 g/mol. The van der Waals surface area contributed by atoms with Gasteiger partial charge < -0.3 is 46.3 Å². The van der Waals surface area contributed by atoms with Crippen LogP contribution in [-0.2, 0) is 14.3 Å². The fourth-order valence-corrected chi connectivity index (χ4v) is 16.5. The van der Waals surface area contributed by atoms with Gasteiger partial charge in [-0.3, -0.25) is 14.6 Å². The molecule has 8 fully saturated rings. The molecule has 8 N–H and O–H groups in total. The first-order valence-corrected chi connectivity index (χ1v) is 22.9. The summed E-state index contributed by atoms with van der Waals surface area (Å²) in [6.45, 7) is 9.65. The van der Waals surface area contributed by atoms with Gasteiger partial charge in [0, 0.05) is 49.2 Å². The van der Waals surface area contributed by atoms with Gasteiger partial charge in [0.15, 0.2) is 0 Å². The van der Waals surface area contributed by atoms with Crippen LogP contribution in [0, 0.1) is 52.3 Å². The second kappa shape index (κ2) is 15.5. The molecule has 12 unspecified atom stereocenters. The molecule has 56 heavy (non-hydrogen) atoms. The van der Waals surface area contributed by atoms with Gasteiger partial charge in [-0.15, -0.1) is 0 Å². The van der Waals surface area contributed by atoms with Gasteiger partial charge in [0.25, 0.3) is 0 Å². The number of esters is 1. The SMILES string of the molecule is CCC1C2CCCCC2NC1[C@@](C[C@@H]1CNC[C@](O)(CC)C1)(C(=O)OC)C1CC2C(CC1OC)N(C)[C@@H]1[C@]23CCN2CCCC(C(CC)[C@@H](O)[C@]1(O)C(N)O)C23. The van der Waals surface area contributed by atoms with Gasteiger partial charge >= 0.3 is 5.97 Å². The zero-order valence-corrected chi connectivity index (χ0v) is 35.4. The highest BCUT2D eigenvalue weighted by atomic mass is 16.5. The molecule has 3 saturated carbocycles. The first-order chi connectivity index (χ1) is 26.8. The fraction of sp³-hybridized carbons (Fsp3) is 0.977. The first-order valence-electron chi connectivity index (χ1n) is 22.9. The Labute approximate surface area is 336 Å². The van der Waals surface area contributed by atoms with Crippen molar-refractivity contribution in [2.24, 2.45) is 58.0 Å². The van der Waals surface area contributed by atoms with Crippen LogP contribution in [0.1, 0.15) is 111 Å². The van der Waals surface area contributed by atoms with Crippen molar-refractivity contribution in [1.29, 1.82) is 0 Å². The van der Waals surface area contributed by atoms with Crippen molar-refractivity contribution in [3.8, 4) is 0 Å². The van der Waals surface area contributed by atoms with E-state index in [1.807, 2.05) is 0 Å². The van der Waals surface area contributed by atoms with Crippen LogP contribution in [0.2, 0.25) is 0 Å². The van der Waals surface area contributed by atoms with Crippen LogP contribution < -0.4 is 16.4 Å². The van der Waals surface area contributed by atoms with Gasteiger partial charge in [0.05, 0.1) is 36.4 Å². The summed E-state index contributed by atoms with van der Waals surface area (Å²) in [7, 11) is 5.45. The Morgan fingerprint density at radius 3 is 2.43 bits per heavy atom. The topological polar surface area (TPSA) is 173 Å². The standard InChI is InChI=1S/C44H77N5O7/c1-7-26-28-13-10-11-15-32(28)47-35(26)43(40(52)56-6,22-25-21-41(53,9-3)24-46-23-25)31-19-30-33(20-34(31)55-5)48(4)38-42(30)16-18-49-17-12-14-29(36(42)49)27(8-2)37(50)44(38,54)39(45)51/h25-39,46-47,50-51,53-54H,7-24,45H2,1-6H3/t25-,26?,27?,28?,29?,30?,31?,32?,33?,34?,35?,36?,37-,38-,39?,41+,42-,43+,44-/m1/s1. The Morgan fingerprint density at radius 2 is 1.75 bits per heavy atom. The number of methoxy groups -OCH3 is 2. The number of nitrogens with one attached hydrogen (secondary N) is 2. The number of piperidine rings is 2. The molecule has 8 rings (SSSR count). The van der Waals surface area contributed by atoms with E-state index in [2.05, 4.69) is 48.3 Å². The minimum absolute atomic E-state index is 0.00246. The summed E-state index contributed by atoms with van der Waals surface area (Å²) < 4.78 is 12.7. The molecule has 3 aliphatic carbocycles. The summed E-state index contributed by atoms with van der Waals surface area (Å²) in [6.07, 6.45) is 9.41. The first kappa shape index (κ1) is 41.8. The number of nitrogens with two attached hydrogens (primary N) is 1. The number of hydrogen-bond donors (Lipinski definition) is 7. The molecule has 0 aromatic carbocycles. The molecule has 320 valence electrons. The number of β-amino-alcohol motifs (C(OH)–C–C–N with tert-alkyl or cyclic N) is 1. The smallest absolute Gasteiger partial charge is 0.313 e. The third-order valence-electron chi connectivity index (χ3n) is 18.6. The molecule has 0 radical (unpaired) electrons. The highest BCUT2D eigenvalue weighted by Gasteiger charge is 2.77. The summed E-state index contributed by atoms with van der Waals surface area (Å²) in [5.41, 5.74) is 2.32. The Hall–Kier alpha value is -0.930. The Morgan fingerprint density at radius 1 is 1.02 bits per heavy atom. The van der Waals surface area contributed by atoms with E-state index >= 15 is 4.79 Å². The van der Waals surface area contributed by atoms with Crippen LogP contribution >= 0.6 is 0 Å². The fourth-order valence-electron chi connectivity index (χ4n) is 16.5. The number of aliphatic hydroxyl groups excluding tert-OH is 2. The minimum Gasteiger partial charge on any atom is -0.469 e. The maximum atomic E-state index is 15.4. The number of ether oxygens (including phenoxy) is 2. The van der Waals surface area contributed by atoms with E-state index in [-0.39, 0.29) is 59.8 Å². The maximum Gasteiger partial charge on any atom is 0.313 e. The predicted octanol–water partition coefficient (Wildman–Crippen LogP) is 2.45. The number of rotatable bonds is 10. The average molecular weight is 788 g/mol. The van der Waals surface area contributed by atoms with E-state index in [9.17, 15) is 20.4 Å². The molecule has 12 nitrogen and oxygen atoms in total. The molecule has 12 heteroatoms. The van der Waals surface area contributed by atoms with Gasteiger partial charge in [-0.1, -0.05) is 46.5 Å². The lowest BCUT2D eigenvalue weighted by Crippen LogP contribution is -2.70. The Kier molecular flexibility index (Phi) is 11.6. The van der Waals surface area contributed by atoms with Crippen molar-refractivity contribution < 1.29 is 34.7 Å². The van der Waals surface area contributed by atoms with Gasteiger partial charge in [0.1, 0.15) is 11.8 Å². The van der Waals surface area contributed by atoms with E-state index in [4.69, 9.17) is 15.2 Å². The molecule has 5 aliphatic heterocycles. The minimum atomic E-state index is -1.94. The van der Waals surface area contributed by atoms with E-state index in [0.717, 1.165) is 51.7 Å². The molecular formula is C44H77N5O7. The van der Waals surface area contributed by atoms with E-state index in [1.54, 1.807) is 14.2 Å². The van der Waals surface area contributed by atoms with Crippen LogP contribution in [0.15, 0.2) is 0 Å². The second-order valence-corrected chi connectivity index (χ2v) is 20.4. The van der Waals surface area contributed by atoms with Crippen molar-refractivity contribution in [1.82, 2.24) is 20.4 Å². The van der Waals surface area contributed by atoms with Gasteiger partial charge in [0.2, 0.25) is 0 Å². The maximum absolute atomic E-state index is 15.4. The number of likely N-dealkylation sites (tertiary alicyclic amines) is 1. The molecule has 0 bridgehead atoms. The van der Waals surface area contributed by atoms with Crippen LogP contribution in [0.25, 0.3) is 0 Å². The number of carbonyl (C=O) groups is 1. The number of fused-ring (bicyclic) bond motifs is 2. The quantitative estimate of drug-likeness (QED) is 0.128. The van der Waals surface area contributed by atoms with E-state index < -0.39 is 40.4 Å². The van der Waals surface area contributed by atoms with Crippen molar-refractivity contribution in [2.45, 2.75) is 171 Å². The van der Waals surface area contributed by atoms with Gasteiger partial charge in [-0.05, 0) is 126 Å². The summed E-state index contributed by atoms with van der Waals surface area (Å²) in [4.78, 5) is 20.4. The lowest BCUT2D eigenvalue weighted by Gasteiger charge is -2.56. The van der Waals surface area contributed by atoms with Crippen molar-refractivity contribution >= 4 is 5.97 Å². The number of aliphatic hydroxyl groups is 4. The Bertz CT molecular complexity index is 1430. The third kappa shape index (κ3) is 5.91.